The third-order valence-electron chi connectivity index (χ3n) is 6.13. The van der Waals surface area contributed by atoms with Crippen molar-refractivity contribution in [3.63, 3.8) is 0 Å². The molecular weight excluding hydrogens is 398 g/mol. The van der Waals surface area contributed by atoms with Gasteiger partial charge in [-0.15, -0.1) is 11.3 Å². The molecule has 1 saturated carbocycles. The lowest BCUT2D eigenvalue weighted by molar-refractivity contribution is -0.134. The molecule has 30 heavy (non-hydrogen) atoms. The van der Waals surface area contributed by atoms with Gasteiger partial charge in [0.2, 0.25) is 5.91 Å². The maximum atomic E-state index is 13.3. The van der Waals surface area contributed by atoms with Gasteiger partial charge in [0.15, 0.2) is 11.5 Å². The monoisotopic (exact) mass is 421 g/mol. The molecule has 0 unspecified atom stereocenters. The van der Waals surface area contributed by atoms with Crippen LogP contribution < -0.4 is 4.90 Å². The molecule has 1 saturated heterocycles. The fourth-order valence-electron chi connectivity index (χ4n) is 4.12. The molecule has 1 aromatic carbocycles. The van der Waals surface area contributed by atoms with Crippen LogP contribution in [-0.2, 0) is 10.2 Å². The Hall–Kier alpha value is -2.93. The van der Waals surface area contributed by atoms with E-state index in [0.717, 1.165) is 53.5 Å². The molecule has 1 aliphatic heterocycles. The number of anilines is 1. The van der Waals surface area contributed by atoms with Crippen LogP contribution >= 0.6 is 11.3 Å². The maximum Gasteiger partial charge on any atom is 0.235 e. The first-order valence-electron chi connectivity index (χ1n) is 10.2. The number of Topliss-reactive ketones (excluding diaryl/α,β-unsaturated/α-hetero) is 1. The van der Waals surface area contributed by atoms with Gasteiger partial charge in [-0.2, -0.15) is 0 Å². The normalized spacial score (nSPS) is 17.8. The number of carbonyl (C=O) groups excluding carboxylic acids is 2. The van der Waals surface area contributed by atoms with Crippen molar-refractivity contribution in [2.24, 2.45) is 0 Å². The molecule has 2 aromatic heterocycles. The van der Waals surface area contributed by atoms with Crippen molar-refractivity contribution >= 4 is 28.7 Å². The number of piperazine rings is 1. The summed E-state index contributed by atoms with van der Waals surface area (Å²) in [4.78, 5) is 30.1. The summed E-state index contributed by atoms with van der Waals surface area (Å²) in [7, 11) is 0. The molecule has 7 heteroatoms. The van der Waals surface area contributed by atoms with Gasteiger partial charge in [-0.25, -0.2) is 0 Å². The van der Waals surface area contributed by atoms with Crippen LogP contribution in [0.25, 0.3) is 10.6 Å². The van der Waals surface area contributed by atoms with E-state index in [1.165, 1.54) is 0 Å². The number of hydrogen-bond acceptors (Lipinski definition) is 6. The topological polar surface area (TPSA) is 66.7 Å². The molecule has 154 valence electrons. The molecule has 1 aliphatic carbocycles. The molecule has 0 N–H and O–H groups in total. The van der Waals surface area contributed by atoms with Gasteiger partial charge < -0.3 is 14.3 Å². The molecule has 6 nitrogen and oxygen atoms in total. The Balaban J connectivity index is 1.25. The van der Waals surface area contributed by atoms with Gasteiger partial charge in [-0.1, -0.05) is 11.2 Å². The molecule has 0 bridgehead atoms. The molecular formula is C23H23N3O3S. The van der Waals surface area contributed by atoms with Gasteiger partial charge in [0, 0.05) is 43.5 Å². The van der Waals surface area contributed by atoms with Gasteiger partial charge in [-0.05, 0) is 55.5 Å². The Morgan fingerprint density at radius 1 is 1.07 bits per heavy atom. The van der Waals surface area contributed by atoms with E-state index in [0.29, 0.717) is 13.1 Å². The Morgan fingerprint density at radius 3 is 2.40 bits per heavy atom. The van der Waals surface area contributed by atoms with E-state index in [9.17, 15) is 9.59 Å². The number of carbonyl (C=O) groups is 2. The summed E-state index contributed by atoms with van der Waals surface area (Å²) in [6, 6.07) is 13.6. The van der Waals surface area contributed by atoms with Crippen LogP contribution in [0.1, 0.15) is 35.8 Å². The minimum absolute atomic E-state index is 0.0711. The first kappa shape index (κ1) is 19.1. The number of nitrogens with zero attached hydrogens (tertiary/aromatic N) is 3. The zero-order chi connectivity index (χ0) is 20.7. The van der Waals surface area contributed by atoms with E-state index >= 15 is 0 Å². The van der Waals surface area contributed by atoms with Crippen LogP contribution in [0.4, 0.5) is 5.69 Å². The minimum Gasteiger partial charge on any atom is -0.368 e. The number of benzene rings is 1. The molecule has 0 atom stereocenters. The number of hydrogen-bond donors (Lipinski definition) is 0. The van der Waals surface area contributed by atoms with E-state index in [1.54, 1.807) is 18.3 Å². The lowest BCUT2D eigenvalue weighted by atomic mass is 9.99. The lowest BCUT2D eigenvalue weighted by Crippen LogP contribution is -2.51. The lowest BCUT2D eigenvalue weighted by Gasteiger charge is -2.37. The highest BCUT2D eigenvalue weighted by atomic mass is 32.1. The van der Waals surface area contributed by atoms with Crippen LogP contribution in [0.15, 0.2) is 52.4 Å². The highest BCUT2D eigenvalue weighted by Gasteiger charge is 2.55. The second-order valence-corrected chi connectivity index (χ2v) is 8.97. The van der Waals surface area contributed by atoms with Crippen molar-refractivity contribution in [3.05, 3.63) is 59.1 Å². The summed E-state index contributed by atoms with van der Waals surface area (Å²) in [5.41, 5.74) is 2.06. The SMILES string of the molecule is CC(=O)c1ccc(N2CCN(C(=O)C3(c4cc(-c5cccs5)on4)CC3)CC2)cc1. The first-order valence-corrected chi connectivity index (χ1v) is 11.1. The van der Waals surface area contributed by atoms with Crippen molar-refractivity contribution in [1.29, 1.82) is 0 Å². The second-order valence-electron chi connectivity index (χ2n) is 8.02. The number of amides is 1. The smallest absolute Gasteiger partial charge is 0.235 e. The number of ketones is 1. The van der Waals surface area contributed by atoms with Gasteiger partial charge >= 0.3 is 0 Å². The number of aromatic nitrogens is 1. The fourth-order valence-corrected chi connectivity index (χ4v) is 4.79. The quantitative estimate of drug-likeness (QED) is 0.583. The van der Waals surface area contributed by atoms with Crippen molar-refractivity contribution in [1.82, 2.24) is 10.1 Å². The van der Waals surface area contributed by atoms with E-state index in [4.69, 9.17) is 4.52 Å². The van der Waals surface area contributed by atoms with E-state index in [1.807, 2.05) is 52.7 Å². The van der Waals surface area contributed by atoms with E-state index in [2.05, 4.69) is 10.1 Å². The van der Waals surface area contributed by atoms with Crippen LogP contribution in [0, 0.1) is 0 Å². The standard InChI is InChI=1S/C23H23N3O3S/c1-16(27)17-4-6-18(7-5-17)25-10-12-26(13-11-25)22(28)23(8-9-23)21-15-19(29-24-21)20-3-2-14-30-20/h2-7,14-15H,8-13H2,1H3. The Bertz CT molecular complexity index is 1060. The van der Waals surface area contributed by atoms with Crippen LogP contribution in [0.2, 0.25) is 0 Å². The molecule has 3 heterocycles. The van der Waals surface area contributed by atoms with Crippen molar-refractivity contribution < 1.29 is 14.1 Å². The molecule has 3 aromatic rings. The second kappa shape index (κ2) is 7.40. The van der Waals surface area contributed by atoms with Crippen molar-refractivity contribution in [3.8, 4) is 10.6 Å². The summed E-state index contributed by atoms with van der Waals surface area (Å²) in [5, 5.41) is 6.26. The summed E-state index contributed by atoms with van der Waals surface area (Å²) in [6.07, 6.45) is 1.66. The molecule has 2 fully saturated rings. The Kier molecular flexibility index (Phi) is 4.70. The van der Waals surface area contributed by atoms with Crippen LogP contribution in [-0.4, -0.2) is 47.9 Å². The van der Waals surface area contributed by atoms with Crippen LogP contribution in [0.5, 0.6) is 0 Å². The molecule has 1 amide bonds. The van der Waals surface area contributed by atoms with Gasteiger partial charge in [0.05, 0.1) is 16.0 Å². The Morgan fingerprint density at radius 2 is 1.80 bits per heavy atom. The molecule has 2 aliphatic rings. The summed E-state index contributed by atoms with van der Waals surface area (Å²) in [6.45, 7) is 4.50. The van der Waals surface area contributed by atoms with Crippen molar-refractivity contribution in [2.45, 2.75) is 25.2 Å². The van der Waals surface area contributed by atoms with Gasteiger partial charge in [-0.3, -0.25) is 9.59 Å². The Labute approximate surface area is 179 Å². The third-order valence-corrected chi connectivity index (χ3v) is 7.01. The average molecular weight is 422 g/mol. The van der Waals surface area contributed by atoms with Crippen molar-refractivity contribution in [2.75, 3.05) is 31.1 Å². The van der Waals surface area contributed by atoms with Gasteiger partial charge in [0.1, 0.15) is 0 Å². The number of rotatable bonds is 5. The highest BCUT2D eigenvalue weighted by Crippen LogP contribution is 2.50. The third kappa shape index (κ3) is 3.33. The summed E-state index contributed by atoms with van der Waals surface area (Å²) in [5.74, 6) is 0.972. The first-order chi connectivity index (χ1) is 14.6. The minimum atomic E-state index is -0.510. The predicted octanol–water partition coefficient (Wildman–Crippen LogP) is 3.99. The largest absolute Gasteiger partial charge is 0.368 e. The van der Waals surface area contributed by atoms with Gasteiger partial charge in [0.25, 0.3) is 0 Å². The van der Waals surface area contributed by atoms with E-state index < -0.39 is 5.41 Å². The maximum absolute atomic E-state index is 13.3. The molecule has 0 spiro atoms. The van der Waals surface area contributed by atoms with Crippen LogP contribution in [0.3, 0.4) is 0 Å². The zero-order valence-electron chi connectivity index (χ0n) is 16.8. The average Bonchev–Trinajstić information content (AvgIpc) is 3.17. The summed E-state index contributed by atoms with van der Waals surface area (Å²) < 4.78 is 5.53. The molecule has 5 rings (SSSR count). The fraction of sp³-hybridized carbons (Fsp3) is 0.348. The zero-order valence-corrected chi connectivity index (χ0v) is 17.7. The predicted molar refractivity (Wildman–Crippen MR) is 116 cm³/mol. The highest BCUT2D eigenvalue weighted by molar-refractivity contribution is 7.13. The summed E-state index contributed by atoms with van der Waals surface area (Å²) >= 11 is 1.60. The molecule has 0 radical (unpaired) electrons. The number of thiophene rings is 1. The van der Waals surface area contributed by atoms with E-state index in [-0.39, 0.29) is 11.7 Å².